The molecule has 0 atom stereocenters. The van der Waals surface area contributed by atoms with E-state index < -0.39 is 0 Å². The first-order valence-corrected chi connectivity index (χ1v) is 8.40. The van der Waals surface area contributed by atoms with Gasteiger partial charge in [-0.25, -0.2) is 0 Å². The first kappa shape index (κ1) is 17.5. The van der Waals surface area contributed by atoms with Crippen LogP contribution in [0, 0.1) is 6.92 Å². The number of amides is 2. The zero-order valence-electron chi connectivity index (χ0n) is 14.1. The van der Waals surface area contributed by atoms with Gasteiger partial charge in [-0.1, -0.05) is 17.7 Å². The molecule has 1 saturated heterocycles. The number of likely N-dealkylation sites (tertiary alicyclic amines) is 1. The number of nitrogens with one attached hydrogen (secondary N) is 2. The second kappa shape index (κ2) is 8.67. The number of carbonyl (C=O) groups is 2. The van der Waals surface area contributed by atoms with Crippen LogP contribution in [0.5, 0.6) is 0 Å². The van der Waals surface area contributed by atoms with Gasteiger partial charge in [-0.15, -0.1) is 0 Å². The summed E-state index contributed by atoms with van der Waals surface area (Å²) in [5.41, 5.74) is 1.89. The van der Waals surface area contributed by atoms with E-state index in [1.807, 2.05) is 43.1 Å². The molecular formula is C18H27N3O2. The van der Waals surface area contributed by atoms with Crippen molar-refractivity contribution >= 4 is 11.8 Å². The molecule has 0 aromatic heterocycles. The molecule has 1 heterocycles. The second-order valence-electron chi connectivity index (χ2n) is 6.21. The van der Waals surface area contributed by atoms with Crippen molar-refractivity contribution in [2.75, 3.05) is 26.7 Å². The molecule has 1 aliphatic heterocycles. The van der Waals surface area contributed by atoms with Crippen LogP contribution in [0.2, 0.25) is 0 Å². The van der Waals surface area contributed by atoms with E-state index in [0.29, 0.717) is 19.5 Å². The third-order valence-corrected chi connectivity index (χ3v) is 4.28. The Kier molecular flexibility index (Phi) is 6.59. The zero-order valence-corrected chi connectivity index (χ0v) is 14.1. The van der Waals surface area contributed by atoms with Crippen molar-refractivity contribution < 1.29 is 9.59 Å². The van der Waals surface area contributed by atoms with Crippen molar-refractivity contribution in [3.63, 3.8) is 0 Å². The van der Waals surface area contributed by atoms with E-state index >= 15 is 0 Å². The van der Waals surface area contributed by atoms with Gasteiger partial charge in [-0.3, -0.25) is 9.59 Å². The predicted molar refractivity (Wildman–Crippen MR) is 91.4 cm³/mol. The van der Waals surface area contributed by atoms with Gasteiger partial charge >= 0.3 is 0 Å². The Morgan fingerprint density at radius 1 is 1.17 bits per heavy atom. The summed E-state index contributed by atoms with van der Waals surface area (Å²) >= 11 is 0. The van der Waals surface area contributed by atoms with Gasteiger partial charge in [-0.2, -0.15) is 0 Å². The molecule has 1 aromatic carbocycles. The van der Waals surface area contributed by atoms with Crippen LogP contribution in [0.15, 0.2) is 24.3 Å². The van der Waals surface area contributed by atoms with Gasteiger partial charge in [-0.05, 0) is 51.9 Å². The van der Waals surface area contributed by atoms with Gasteiger partial charge in [0.2, 0.25) is 5.91 Å². The summed E-state index contributed by atoms with van der Waals surface area (Å²) in [5.74, 6) is 0.201. The van der Waals surface area contributed by atoms with Crippen LogP contribution in [-0.4, -0.2) is 49.4 Å². The third kappa shape index (κ3) is 5.36. The Hall–Kier alpha value is -1.88. The summed E-state index contributed by atoms with van der Waals surface area (Å²) in [4.78, 5) is 26.2. The van der Waals surface area contributed by atoms with E-state index in [1.165, 1.54) is 0 Å². The molecule has 0 unspecified atom stereocenters. The molecular weight excluding hydrogens is 290 g/mol. The fourth-order valence-electron chi connectivity index (χ4n) is 2.83. The van der Waals surface area contributed by atoms with Crippen LogP contribution in [0.1, 0.15) is 41.6 Å². The van der Waals surface area contributed by atoms with Gasteiger partial charge in [0.15, 0.2) is 0 Å². The van der Waals surface area contributed by atoms with E-state index in [-0.39, 0.29) is 17.9 Å². The Labute approximate surface area is 138 Å². The molecule has 1 aliphatic rings. The number of piperidine rings is 1. The minimum Gasteiger partial charge on any atom is -0.353 e. The highest BCUT2D eigenvalue weighted by Crippen LogP contribution is 2.15. The van der Waals surface area contributed by atoms with Crippen LogP contribution < -0.4 is 10.6 Å². The van der Waals surface area contributed by atoms with Gasteiger partial charge in [0.05, 0.1) is 0 Å². The number of nitrogens with zero attached hydrogens (tertiary/aromatic N) is 1. The maximum atomic E-state index is 12.4. The molecule has 0 spiro atoms. The van der Waals surface area contributed by atoms with Crippen molar-refractivity contribution in [2.24, 2.45) is 0 Å². The summed E-state index contributed by atoms with van der Waals surface area (Å²) in [7, 11) is 1.89. The maximum absolute atomic E-state index is 12.4. The average molecular weight is 317 g/mol. The van der Waals surface area contributed by atoms with Crippen LogP contribution >= 0.6 is 0 Å². The summed E-state index contributed by atoms with van der Waals surface area (Å²) < 4.78 is 0. The normalized spacial score (nSPS) is 15.5. The van der Waals surface area contributed by atoms with Crippen LogP contribution in [-0.2, 0) is 4.79 Å². The van der Waals surface area contributed by atoms with Gasteiger partial charge in [0, 0.05) is 31.1 Å². The highest BCUT2D eigenvalue weighted by Gasteiger charge is 2.24. The van der Waals surface area contributed by atoms with E-state index in [4.69, 9.17) is 0 Å². The van der Waals surface area contributed by atoms with Crippen LogP contribution in [0.3, 0.4) is 0 Å². The number of hydrogen-bond donors (Lipinski definition) is 2. The molecule has 126 valence electrons. The molecule has 1 aromatic rings. The van der Waals surface area contributed by atoms with E-state index in [0.717, 1.165) is 36.9 Å². The van der Waals surface area contributed by atoms with Crippen molar-refractivity contribution in [2.45, 2.75) is 38.6 Å². The Bertz CT molecular complexity index is 520. The fourth-order valence-corrected chi connectivity index (χ4v) is 2.83. The zero-order chi connectivity index (χ0) is 16.7. The molecule has 2 rings (SSSR count). The lowest BCUT2D eigenvalue weighted by Crippen LogP contribution is -2.46. The van der Waals surface area contributed by atoms with Crippen molar-refractivity contribution in [3.05, 3.63) is 35.4 Å². The summed E-state index contributed by atoms with van der Waals surface area (Å²) in [5, 5.41) is 6.12. The summed E-state index contributed by atoms with van der Waals surface area (Å²) in [6, 6.07) is 7.89. The lowest BCUT2D eigenvalue weighted by Gasteiger charge is -2.32. The molecule has 5 nitrogen and oxygen atoms in total. The third-order valence-electron chi connectivity index (χ3n) is 4.28. The monoisotopic (exact) mass is 317 g/mol. The molecule has 0 saturated carbocycles. The lowest BCUT2D eigenvalue weighted by atomic mass is 10.0. The van der Waals surface area contributed by atoms with Crippen LogP contribution in [0.25, 0.3) is 0 Å². The quantitative estimate of drug-likeness (QED) is 0.785. The Morgan fingerprint density at radius 2 is 1.83 bits per heavy atom. The molecule has 0 bridgehead atoms. The minimum atomic E-state index is 0.0868. The largest absolute Gasteiger partial charge is 0.353 e. The van der Waals surface area contributed by atoms with Gasteiger partial charge in [0.25, 0.3) is 5.91 Å². The maximum Gasteiger partial charge on any atom is 0.253 e. The summed E-state index contributed by atoms with van der Waals surface area (Å²) in [6.07, 6.45) is 3.07. The van der Waals surface area contributed by atoms with Gasteiger partial charge < -0.3 is 15.5 Å². The fraction of sp³-hybridized carbons (Fsp3) is 0.556. The van der Waals surface area contributed by atoms with Crippen molar-refractivity contribution in [1.29, 1.82) is 0 Å². The average Bonchev–Trinajstić information content (AvgIpc) is 2.56. The standard InChI is InChI=1S/C18H27N3O2/c1-14-5-7-15(8-6-14)18(23)21-12-9-16(10-13-21)20-17(22)4-3-11-19-2/h5-8,16,19H,3-4,9-13H2,1-2H3,(H,20,22). The Balaban J connectivity index is 1.76. The second-order valence-corrected chi connectivity index (χ2v) is 6.21. The molecule has 5 heteroatoms. The molecule has 1 fully saturated rings. The van der Waals surface area contributed by atoms with Crippen molar-refractivity contribution in [1.82, 2.24) is 15.5 Å². The number of carbonyl (C=O) groups excluding carboxylic acids is 2. The van der Waals surface area contributed by atoms with Gasteiger partial charge in [0.1, 0.15) is 0 Å². The van der Waals surface area contributed by atoms with E-state index in [1.54, 1.807) is 0 Å². The number of rotatable bonds is 6. The van der Waals surface area contributed by atoms with Crippen molar-refractivity contribution in [3.8, 4) is 0 Å². The molecule has 23 heavy (non-hydrogen) atoms. The summed E-state index contributed by atoms with van der Waals surface area (Å²) in [6.45, 7) is 4.28. The van der Waals surface area contributed by atoms with E-state index in [9.17, 15) is 9.59 Å². The smallest absolute Gasteiger partial charge is 0.253 e. The molecule has 0 aliphatic carbocycles. The first-order valence-electron chi connectivity index (χ1n) is 8.40. The van der Waals surface area contributed by atoms with E-state index in [2.05, 4.69) is 10.6 Å². The number of benzene rings is 1. The highest BCUT2D eigenvalue weighted by molar-refractivity contribution is 5.94. The minimum absolute atomic E-state index is 0.0868. The number of hydrogen-bond acceptors (Lipinski definition) is 3. The molecule has 2 amide bonds. The molecule has 2 N–H and O–H groups in total. The molecule has 0 radical (unpaired) electrons. The topological polar surface area (TPSA) is 61.4 Å². The SMILES string of the molecule is CNCCCC(=O)NC1CCN(C(=O)c2ccc(C)cc2)CC1. The van der Waals surface area contributed by atoms with Crippen LogP contribution in [0.4, 0.5) is 0 Å². The predicted octanol–water partition coefficient (Wildman–Crippen LogP) is 1.72. The lowest BCUT2D eigenvalue weighted by molar-refractivity contribution is -0.122. The highest BCUT2D eigenvalue weighted by atomic mass is 16.2. The Morgan fingerprint density at radius 3 is 2.43 bits per heavy atom. The first-order chi connectivity index (χ1) is 11.1. The number of aryl methyl sites for hydroxylation is 1.